The van der Waals surface area contributed by atoms with Gasteiger partial charge in [0.15, 0.2) is 6.54 Å². The van der Waals surface area contributed by atoms with Gasteiger partial charge in [0.2, 0.25) is 5.78 Å². The second-order valence-corrected chi connectivity index (χ2v) is 6.79. The lowest BCUT2D eigenvalue weighted by Gasteiger charge is -2.18. The zero-order valence-corrected chi connectivity index (χ0v) is 15.6. The van der Waals surface area contributed by atoms with Crippen molar-refractivity contribution in [2.45, 2.75) is 18.7 Å². The van der Waals surface area contributed by atoms with E-state index in [1.165, 1.54) is 11.8 Å². The van der Waals surface area contributed by atoms with Crippen molar-refractivity contribution < 1.29 is 14.5 Å². The van der Waals surface area contributed by atoms with Crippen LogP contribution in [0.5, 0.6) is 0 Å². The minimum atomic E-state index is -0.231. The average molecular weight is 359 g/mol. The van der Waals surface area contributed by atoms with Gasteiger partial charge in [0.25, 0.3) is 5.91 Å². The van der Waals surface area contributed by atoms with Crippen molar-refractivity contribution in [3.63, 3.8) is 0 Å². The zero-order valence-electron chi connectivity index (χ0n) is 14.8. The van der Waals surface area contributed by atoms with Crippen LogP contribution < -0.4 is 15.1 Å². The predicted molar refractivity (Wildman–Crippen MR) is 98.3 cm³/mol. The van der Waals surface area contributed by atoms with Crippen molar-refractivity contribution >= 4 is 29.1 Å². The number of carbonyl (C=O) groups excluding carboxylic acids is 2. The van der Waals surface area contributed by atoms with Crippen LogP contribution in [0.4, 0.5) is 5.69 Å². The van der Waals surface area contributed by atoms with E-state index in [4.69, 9.17) is 0 Å². The molecule has 7 heteroatoms. The Balaban J connectivity index is 2.17. The van der Waals surface area contributed by atoms with Crippen LogP contribution in [0.1, 0.15) is 13.8 Å². The number of fused-ring (bicyclic) bond motifs is 1. The molecule has 0 fully saturated rings. The number of quaternary nitrogens is 1. The largest absolute Gasteiger partial charge is 0.351 e. The van der Waals surface area contributed by atoms with Crippen LogP contribution in [0.2, 0.25) is 0 Å². The Hall–Kier alpha value is -2.30. The van der Waals surface area contributed by atoms with Crippen molar-refractivity contribution in [2.75, 3.05) is 38.1 Å². The number of nitrogens with one attached hydrogen (secondary N) is 2. The summed E-state index contributed by atoms with van der Waals surface area (Å²) in [6.45, 7) is 5.35. The van der Waals surface area contributed by atoms with E-state index in [1.54, 1.807) is 0 Å². The number of nitriles is 1. The minimum absolute atomic E-state index is 0.0851. The summed E-state index contributed by atoms with van der Waals surface area (Å²) in [6, 6.07) is 9.88. The maximum Gasteiger partial charge on any atom is 0.275 e. The van der Waals surface area contributed by atoms with Crippen molar-refractivity contribution in [3.8, 4) is 6.07 Å². The van der Waals surface area contributed by atoms with E-state index in [1.807, 2.05) is 50.1 Å². The summed E-state index contributed by atoms with van der Waals surface area (Å²) in [5, 5.41) is 12.9. The molecular formula is C18H23N4O2S+. The maximum atomic E-state index is 12.7. The molecule has 2 N–H and O–H groups in total. The molecule has 0 radical (unpaired) electrons. The van der Waals surface area contributed by atoms with Crippen LogP contribution in [-0.2, 0) is 9.59 Å². The zero-order chi connectivity index (χ0) is 18.4. The number of ketones is 1. The molecule has 0 spiro atoms. The Labute approximate surface area is 152 Å². The fraction of sp³-hybridized carbons (Fsp3) is 0.389. The van der Waals surface area contributed by atoms with Gasteiger partial charge in [-0.15, -0.1) is 0 Å². The van der Waals surface area contributed by atoms with Gasteiger partial charge >= 0.3 is 0 Å². The molecule has 1 atom stereocenters. The first-order valence-electron chi connectivity index (χ1n) is 8.30. The normalized spacial score (nSPS) is 16.0. The Morgan fingerprint density at radius 3 is 2.60 bits per heavy atom. The number of Topliss-reactive ketones (excluding diaryl/α,β-unsaturated/α-hetero) is 1. The highest BCUT2D eigenvalue weighted by molar-refractivity contribution is 8.03. The van der Waals surface area contributed by atoms with Crippen LogP contribution in [0, 0.1) is 11.3 Å². The van der Waals surface area contributed by atoms with Gasteiger partial charge in [-0.3, -0.25) is 9.59 Å². The Kier molecular flexibility index (Phi) is 6.62. The van der Waals surface area contributed by atoms with Gasteiger partial charge < -0.3 is 15.1 Å². The molecule has 6 nitrogen and oxygen atoms in total. The van der Waals surface area contributed by atoms with E-state index >= 15 is 0 Å². The summed E-state index contributed by atoms with van der Waals surface area (Å²) in [5.41, 5.74) is 1.15. The van der Waals surface area contributed by atoms with Crippen molar-refractivity contribution in [1.82, 2.24) is 5.32 Å². The minimum Gasteiger partial charge on any atom is -0.351 e. The summed E-state index contributed by atoms with van der Waals surface area (Å²) < 4.78 is 0. The molecule has 2 rings (SSSR count). The van der Waals surface area contributed by atoms with Crippen LogP contribution in [0.25, 0.3) is 0 Å². The Morgan fingerprint density at radius 2 is 2.00 bits per heavy atom. The van der Waals surface area contributed by atoms with Crippen molar-refractivity contribution in [1.29, 1.82) is 5.26 Å². The van der Waals surface area contributed by atoms with E-state index < -0.39 is 0 Å². The summed E-state index contributed by atoms with van der Waals surface area (Å²) in [4.78, 5) is 28.2. The SMILES string of the molecule is CCNC(=O)C[NH+](CC)CC(=O)/C(C#N)=C1\Sc2ccccc2N1C. The summed E-state index contributed by atoms with van der Waals surface area (Å²) in [6.07, 6.45) is 0. The molecule has 1 heterocycles. The van der Waals surface area contributed by atoms with E-state index in [0.29, 0.717) is 18.1 Å². The van der Waals surface area contributed by atoms with Crippen LogP contribution in [0.3, 0.4) is 0 Å². The summed E-state index contributed by atoms with van der Waals surface area (Å²) in [5.74, 6) is -0.316. The first-order valence-corrected chi connectivity index (χ1v) is 9.11. The lowest BCUT2D eigenvalue weighted by Crippen LogP contribution is -3.13. The standard InChI is InChI=1S/C18H22N4O2S/c1-4-20-17(24)12-22(5-2)11-15(23)13(10-19)18-21(3)14-8-6-7-9-16(14)25-18/h6-9H,4-5,11-12H2,1-3H3,(H,20,24)/p+1/b18-13-. The number of anilines is 1. The third-order valence-corrected chi connectivity index (χ3v) is 5.27. The molecule has 1 amide bonds. The smallest absolute Gasteiger partial charge is 0.275 e. The van der Waals surface area contributed by atoms with E-state index in [9.17, 15) is 14.9 Å². The van der Waals surface area contributed by atoms with Gasteiger partial charge in [0.1, 0.15) is 23.2 Å². The van der Waals surface area contributed by atoms with Gasteiger partial charge in [-0.05, 0) is 26.0 Å². The molecule has 1 aromatic carbocycles. The van der Waals surface area contributed by atoms with Crippen molar-refractivity contribution in [2.24, 2.45) is 0 Å². The molecule has 0 aliphatic carbocycles. The van der Waals surface area contributed by atoms with Gasteiger partial charge in [-0.1, -0.05) is 23.9 Å². The number of benzene rings is 1. The Morgan fingerprint density at radius 1 is 1.28 bits per heavy atom. The van der Waals surface area contributed by atoms with Crippen molar-refractivity contribution in [3.05, 3.63) is 34.9 Å². The quantitative estimate of drug-likeness (QED) is 0.550. The molecule has 1 unspecified atom stereocenters. The molecule has 1 aliphatic heterocycles. The number of amides is 1. The molecule has 0 saturated heterocycles. The number of hydrogen-bond acceptors (Lipinski definition) is 5. The Bertz CT molecular complexity index is 739. The molecule has 132 valence electrons. The van der Waals surface area contributed by atoms with Gasteiger partial charge in [-0.25, -0.2) is 0 Å². The first kappa shape index (κ1) is 19.0. The van der Waals surface area contributed by atoms with Crippen LogP contribution >= 0.6 is 11.8 Å². The number of likely N-dealkylation sites (N-methyl/N-ethyl adjacent to an activating group) is 2. The highest BCUT2D eigenvalue weighted by Gasteiger charge is 2.29. The number of para-hydroxylation sites is 1. The molecular weight excluding hydrogens is 336 g/mol. The van der Waals surface area contributed by atoms with Gasteiger partial charge in [0, 0.05) is 18.5 Å². The number of rotatable bonds is 7. The molecule has 1 aromatic rings. The fourth-order valence-electron chi connectivity index (χ4n) is 2.67. The number of thioether (sulfide) groups is 1. The van der Waals surface area contributed by atoms with Gasteiger partial charge in [0.05, 0.1) is 12.2 Å². The number of carbonyl (C=O) groups is 2. The molecule has 25 heavy (non-hydrogen) atoms. The number of nitrogens with zero attached hydrogens (tertiary/aromatic N) is 2. The maximum absolute atomic E-state index is 12.7. The first-order chi connectivity index (χ1) is 12.0. The summed E-state index contributed by atoms with van der Waals surface area (Å²) >= 11 is 1.44. The lowest BCUT2D eigenvalue weighted by molar-refractivity contribution is -0.881. The van der Waals surface area contributed by atoms with E-state index in [-0.39, 0.29) is 30.4 Å². The van der Waals surface area contributed by atoms with E-state index in [2.05, 4.69) is 11.4 Å². The average Bonchev–Trinajstić information content (AvgIpc) is 2.92. The topological polar surface area (TPSA) is 77.6 Å². The lowest BCUT2D eigenvalue weighted by atomic mass is 10.1. The van der Waals surface area contributed by atoms with Crippen LogP contribution in [0.15, 0.2) is 39.8 Å². The second kappa shape index (κ2) is 8.70. The van der Waals surface area contributed by atoms with E-state index in [0.717, 1.165) is 15.5 Å². The number of hydrogen-bond donors (Lipinski definition) is 2. The van der Waals surface area contributed by atoms with Crippen LogP contribution in [-0.4, -0.2) is 44.9 Å². The monoisotopic (exact) mass is 359 g/mol. The molecule has 0 aromatic heterocycles. The highest BCUT2D eigenvalue weighted by atomic mass is 32.2. The second-order valence-electron chi connectivity index (χ2n) is 5.75. The molecule has 0 bridgehead atoms. The molecule has 1 aliphatic rings. The summed E-state index contributed by atoms with van der Waals surface area (Å²) in [7, 11) is 1.86. The highest BCUT2D eigenvalue weighted by Crippen LogP contribution is 2.45. The van der Waals surface area contributed by atoms with Gasteiger partial charge in [-0.2, -0.15) is 5.26 Å². The molecule has 0 saturated carbocycles. The third-order valence-electron chi connectivity index (χ3n) is 4.04. The fourth-order valence-corrected chi connectivity index (χ4v) is 3.83. The third kappa shape index (κ3) is 4.41. The predicted octanol–water partition coefficient (Wildman–Crippen LogP) is 0.574.